The number of hydrogen-bond donors (Lipinski definition) is 1. The highest BCUT2D eigenvalue weighted by molar-refractivity contribution is 8.00. The van der Waals surface area contributed by atoms with Crippen molar-refractivity contribution >= 4 is 30.2 Å². The molecule has 0 fully saturated rings. The van der Waals surface area contributed by atoms with Crippen LogP contribution >= 0.6 is 11.8 Å². The van der Waals surface area contributed by atoms with Crippen molar-refractivity contribution in [1.29, 1.82) is 0 Å². The average molecular weight is 559 g/mol. The lowest BCUT2D eigenvalue weighted by Gasteiger charge is -2.23. The second-order valence-electron chi connectivity index (χ2n) is 9.60. The van der Waals surface area contributed by atoms with Gasteiger partial charge in [0.15, 0.2) is 5.60 Å². The first kappa shape index (κ1) is 31.8. The number of nitrogens with zero attached hydrogens (tertiary/aromatic N) is 3. The van der Waals surface area contributed by atoms with Crippen LogP contribution < -0.4 is 10.1 Å². The minimum absolute atomic E-state index is 0.402. The standard InChI is InChI=1S/C29H36F2N4O3S/c1-7-22(16-33-18-23-9-8-10-25(15-23)39-29(6,30)31)17-34-19-32-12-11-24-13-21(3)26(14-20(24)2)38-28(4,5)27(36)35-37/h8-10,13-17,19H,7,11-12,18H2,1-6H3,(H,32,34)/b22-17-,33-16?. The molecule has 0 bridgehead atoms. The van der Waals surface area contributed by atoms with Gasteiger partial charge < -0.3 is 10.1 Å². The number of nitrogens with one attached hydrogen (secondary N) is 1. The van der Waals surface area contributed by atoms with Crippen LogP contribution in [0.1, 0.15) is 56.4 Å². The number of rotatable bonds is 14. The molecule has 0 aromatic heterocycles. The Morgan fingerprint density at radius 1 is 1.10 bits per heavy atom. The number of thioether (sulfide) groups is 1. The van der Waals surface area contributed by atoms with Crippen molar-refractivity contribution in [2.45, 2.75) is 76.7 Å². The van der Waals surface area contributed by atoms with Crippen LogP contribution in [0.15, 0.2) is 68.2 Å². The fraction of sp³-hybridized carbons (Fsp3) is 0.414. The lowest BCUT2D eigenvalue weighted by molar-refractivity contribution is -0.130. The normalized spacial score (nSPS) is 12.8. The molecule has 0 saturated heterocycles. The molecule has 10 heteroatoms. The monoisotopic (exact) mass is 558 g/mol. The predicted molar refractivity (Wildman–Crippen MR) is 155 cm³/mol. The Hall–Kier alpha value is -3.40. The fourth-order valence-electron chi connectivity index (χ4n) is 3.52. The summed E-state index contributed by atoms with van der Waals surface area (Å²) in [6, 6.07) is 10.9. The number of aryl methyl sites for hydroxylation is 2. The molecule has 0 heterocycles. The van der Waals surface area contributed by atoms with E-state index in [0.717, 1.165) is 47.6 Å². The number of carbonyl (C=O) groups is 1. The van der Waals surface area contributed by atoms with E-state index in [0.29, 0.717) is 35.5 Å². The van der Waals surface area contributed by atoms with Crippen molar-refractivity contribution in [2.24, 2.45) is 15.2 Å². The van der Waals surface area contributed by atoms with E-state index >= 15 is 0 Å². The Bertz CT molecular complexity index is 1240. The molecular weight excluding hydrogens is 522 g/mol. The van der Waals surface area contributed by atoms with Crippen LogP contribution in [0, 0.1) is 18.8 Å². The van der Waals surface area contributed by atoms with Gasteiger partial charge in [-0.05, 0) is 86.6 Å². The van der Waals surface area contributed by atoms with E-state index in [1.807, 2.05) is 45.2 Å². The van der Waals surface area contributed by atoms with Crippen LogP contribution in [0.3, 0.4) is 0 Å². The zero-order valence-electron chi connectivity index (χ0n) is 23.3. The second-order valence-corrected chi connectivity index (χ2v) is 11.0. The highest BCUT2D eigenvalue weighted by atomic mass is 32.2. The van der Waals surface area contributed by atoms with Gasteiger partial charge in [-0.2, -0.15) is 8.78 Å². The molecule has 0 aliphatic heterocycles. The molecule has 0 saturated carbocycles. The summed E-state index contributed by atoms with van der Waals surface area (Å²) in [6.45, 7) is 10.7. The maximum Gasteiger partial charge on any atom is 0.328 e. The molecule has 210 valence electrons. The SMILES string of the molecule is CC/C(C=NCc1cccc(SC(C)(F)F)c1)=C/NC=NCCc1cc(C)c(OC(C)(C)C(=O)N=O)cc1C. The molecule has 0 radical (unpaired) electrons. The maximum absolute atomic E-state index is 13.2. The van der Waals surface area contributed by atoms with E-state index in [2.05, 4.69) is 20.5 Å². The average Bonchev–Trinajstić information content (AvgIpc) is 2.86. The van der Waals surface area contributed by atoms with Crippen molar-refractivity contribution in [3.05, 3.63) is 75.3 Å². The highest BCUT2D eigenvalue weighted by Crippen LogP contribution is 2.35. The van der Waals surface area contributed by atoms with Gasteiger partial charge in [0.2, 0.25) is 0 Å². The molecule has 39 heavy (non-hydrogen) atoms. The molecule has 0 aliphatic carbocycles. The first-order valence-electron chi connectivity index (χ1n) is 12.6. The quantitative estimate of drug-likeness (QED) is 0.115. The van der Waals surface area contributed by atoms with Gasteiger partial charge in [-0.25, -0.2) is 0 Å². The number of benzene rings is 2. The minimum Gasteiger partial charge on any atom is -0.478 e. The third kappa shape index (κ3) is 11.1. The molecule has 0 unspecified atom stereocenters. The third-order valence-electron chi connectivity index (χ3n) is 5.68. The van der Waals surface area contributed by atoms with Gasteiger partial charge in [0, 0.05) is 36.0 Å². The van der Waals surface area contributed by atoms with Crippen LogP contribution in [-0.4, -0.2) is 35.9 Å². The van der Waals surface area contributed by atoms with E-state index in [-0.39, 0.29) is 0 Å². The zero-order chi connectivity index (χ0) is 29.1. The van der Waals surface area contributed by atoms with Gasteiger partial charge >= 0.3 is 5.91 Å². The molecule has 2 aromatic carbocycles. The Morgan fingerprint density at radius 3 is 2.51 bits per heavy atom. The number of hydrogen-bond acceptors (Lipinski definition) is 6. The maximum atomic E-state index is 13.2. The van der Waals surface area contributed by atoms with E-state index in [4.69, 9.17) is 4.74 Å². The van der Waals surface area contributed by atoms with Gasteiger partial charge in [0.05, 0.1) is 12.9 Å². The molecule has 1 N–H and O–H groups in total. The van der Waals surface area contributed by atoms with Crippen molar-refractivity contribution in [3.8, 4) is 5.75 Å². The number of halogens is 2. The summed E-state index contributed by atoms with van der Waals surface area (Å²) in [5, 5.41) is 2.72. The fourth-order valence-corrected chi connectivity index (χ4v) is 4.29. The Morgan fingerprint density at radius 2 is 1.85 bits per heavy atom. The van der Waals surface area contributed by atoms with Crippen LogP contribution in [0.4, 0.5) is 8.78 Å². The summed E-state index contributed by atoms with van der Waals surface area (Å²) in [6.07, 6.45) is 6.72. The number of ether oxygens (including phenoxy) is 1. The van der Waals surface area contributed by atoms with Gasteiger partial charge in [0.1, 0.15) is 5.75 Å². The molecule has 7 nitrogen and oxygen atoms in total. The lowest BCUT2D eigenvalue weighted by Crippen LogP contribution is -2.37. The number of carbonyl (C=O) groups excluding carboxylic acids is 1. The van der Waals surface area contributed by atoms with Crippen molar-refractivity contribution in [3.63, 3.8) is 0 Å². The number of amides is 1. The van der Waals surface area contributed by atoms with E-state index in [1.54, 1.807) is 30.8 Å². The summed E-state index contributed by atoms with van der Waals surface area (Å²) in [5.41, 5.74) is 3.47. The van der Waals surface area contributed by atoms with E-state index < -0.39 is 16.8 Å². The Labute approximate surface area is 233 Å². The van der Waals surface area contributed by atoms with Crippen LogP contribution in [0.5, 0.6) is 5.75 Å². The van der Waals surface area contributed by atoms with E-state index in [1.165, 1.54) is 13.8 Å². The van der Waals surface area contributed by atoms with Gasteiger partial charge in [-0.3, -0.25) is 14.8 Å². The Balaban J connectivity index is 1.88. The molecule has 0 aliphatic rings. The smallest absolute Gasteiger partial charge is 0.328 e. The molecular formula is C29H36F2N4O3S. The van der Waals surface area contributed by atoms with Gasteiger partial charge in [-0.1, -0.05) is 36.9 Å². The van der Waals surface area contributed by atoms with E-state index in [9.17, 15) is 18.5 Å². The first-order valence-corrected chi connectivity index (χ1v) is 13.4. The van der Waals surface area contributed by atoms with Crippen LogP contribution in [0.25, 0.3) is 0 Å². The summed E-state index contributed by atoms with van der Waals surface area (Å²) >= 11 is 0.530. The number of aliphatic imine (C=N–C) groups is 2. The summed E-state index contributed by atoms with van der Waals surface area (Å²) < 4.78 is 32.2. The van der Waals surface area contributed by atoms with Gasteiger partial charge in [-0.15, -0.1) is 4.91 Å². The minimum atomic E-state index is -2.82. The predicted octanol–water partition coefficient (Wildman–Crippen LogP) is 7.18. The number of allylic oxidation sites excluding steroid dienone is 1. The molecule has 0 spiro atoms. The van der Waals surface area contributed by atoms with Crippen LogP contribution in [-0.2, 0) is 17.8 Å². The van der Waals surface area contributed by atoms with Crippen molar-refractivity contribution in [1.82, 2.24) is 5.32 Å². The first-order chi connectivity index (χ1) is 18.3. The zero-order valence-corrected chi connectivity index (χ0v) is 24.1. The molecule has 0 atom stereocenters. The molecule has 2 aromatic rings. The molecule has 2 rings (SSSR count). The summed E-state index contributed by atoms with van der Waals surface area (Å²) in [4.78, 5) is 31.7. The Kier molecular flexibility index (Phi) is 12.0. The number of nitroso groups, excluding NO2 is 1. The second kappa shape index (κ2) is 14.7. The highest BCUT2D eigenvalue weighted by Gasteiger charge is 2.31. The third-order valence-corrected chi connectivity index (χ3v) is 6.52. The van der Waals surface area contributed by atoms with Crippen molar-refractivity contribution in [2.75, 3.05) is 6.54 Å². The molecule has 1 amide bonds. The van der Waals surface area contributed by atoms with Gasteiger partial charge in [0.25, 0.3) is 5.25 Å². The largest absolute Gasteiger partial charge is 0.478 e. The number of alkyl halides is 2. The summed E-state index contributed by atoms with van der Waals surface area (Å²) in [5.74, 6) is -0.320. The van der Waals surface area contributed by atoms with Crippen LogP contribution in [0.2, 0.25) is 0 Å². The topological polar surface area (TPSA) is 92.5 Å². The van der Waals surface area contributed by atoms with Crippen molar-refractivity contribution < 1.29 is 18.3 Å². The lowest BCUT2D eigenvalue weighted by atomic mass is 10.0. The summed E-state index contributed by atoms with van der Waals surface area (Å²) in [7, 11) is 0.